The van der Waals surface area contributed by atoms with Crippen LogP contribution in [0.3, 0.4) is 0 Å². The van der Waals surface area contributed by atoms with Crippen LogP contribution >= 0.6 is 11.6 Å². The topological polar surface area (TPSA) is 77.8 Å². The lowest BCUT2D eigenvalue weighted by Crippen LogP contribution is -2.18. The van der Waals surface area contributed by atoms with E-state index in [4.69, 9.17) is 25.2 Å². The van der Waals surface area contributed by atoms with Crippen molar-refractivity contribution in [3.05, 3.63) is 46.5 Å². The molecular formula is C19H18ClFN4O3. The molecule has 0 radical (unpaired) electrons. The number of aryl methyl sites for hydroxylation is 1. The van der Waals surface area contributed by atoms with Crippen LogP contribution in [0.25, 0.3) is 16.8 Å². The van der Waals surface area contributed by atoms with Crippen LogP contribution in [0.2, 0.25) is 5.02 Å². The standard InChI is InChI=1S/C19H18ClFN4O3/c1-10-5-11(18(26)22-2)6-13(16(10)21)14-7-23-25-8-15(20)19(24-17(14)25)28-12-3-4-27-9-12/h5-8,12H,3-4,9H2,1-2H3,(H,22,26)/t12-/m0/s1/i2D3. The van der Waals surface area contributed by atoms with Gasteiger partial charge in [-0.3, -0.25) is 4.79 Å². The first-order chi connectivity index (χ1) is 14.6. The predicted molar refractivity (Wildman–Crippen MR) is 101 cm³/mol. The maximum Gasteiger partial charge on any atom is 0.251 e. The van der Waals surface area contributed by atoms with Crippen LogP contribution in [0.4, 0.5) is 4.39 Å². The maximum atomic E-state index is 15.0. The molecule has 9 heteroatoms. The highest BCUT2D eigenvalue weighted by molar-refractivity contribution is 6.31. The van der Waals surface area contributed by atoms with Crippen LogP contribution in [0.5, 0.6) is 5.88 Å². The molecule has 1 aliphatic rings. The summed E-state index contributed by atoms with van der Waals surface area (Å²) >= 11 is 6.25. The lowest BCUT2D eigenvalue weighted by molar-refractivity contribution is 0.0963. The predicted octanol–water partition coefficient (Wildman–Crippen LogP) is 3.02. The molecule has 2 aromatic heterocycles. The second kappa shape index (κ2) is 7.37. The maximum absolute atomic E-state index is 15.0. The normalized spacial score (nSPS) is 18.5. The number of amides is 1. The summed E-state index contributed by atoms with van der Waals surface area (Å²) in [5.41, 5.74) is 0.785. The minimum absolute atomic E-state index is 0.00193. The van der Waals surface area contributed by atoms with Gasteiger partial charge in [0.1, 0.15) is 16.9 Å². The van der Waals surface area contributed by atoms with Crippen molar-refractivity contribution >= 4 is 23.2 Å². The van der Waals surface area contributed by atoms with Crippen LogP contribution in [0, 0.1) is 12.7 Å². The number of hydrogen-bond acceptors (Lipinski definition) is 5. The second-order valence-corrected chi connectivity index (χ2v) is 6.84. The smallest absolute Gasteiger partial charge is 0.251 e. The Balaban J connectivity index is 1.78. The first kappa shape index (κ1) is 15.2. The third kappa shape index (κ3) is 3.29. The summed E-state index contributed by atoms with van der Waals surface area (Å²) in [7, 11) is 0. The van der Waals surface area contributed by atoms with Crippen LogP contribution in [0.1, 0.15) is 26.5 Å². The summed E-state index contributed by atoms with van der Waals surface area (Å²) in [5, 5.41) is 6.30. The molecule has 1 amide bonds. The van der Waals surface area contributed by atoms with E-state index in [9.17, 15) is 4.79 Å². The molecule has 1 N–H and O–H groups in total. The zero-order valence-corrected chi connectivity index (χ0v) is 15.6. The zero-order chi connectivity index (χ0) is 22.3. The molecule has 4 rings (SSSR count). The molecule has 0 aliphatic carbocycles. The lowest BCUT2D eigenvalue weighted by atomic mass is 10.0. The van der Waals surface area contributed by atoms with Gasteiger partial charge in [0, 0.05) is 34.2 Å². The molecule has 3 aromatic rings. The van der Waals surface area contributed by atoms with Crippen molar-refractivity contribution in [1.82, 2.24) is 19.9 Å². The highest BCUT2D eigenvalue weighted by Crippen LogP contribution is 2.32. The first-order valence-electron chi connectivity index (χ1n) is 10.0. The summed E-state index contributed by atoms with van der Waals surface area (Å²) in [5.74, 6) is -1.26. The molecule has 3 heterocycles. The number of nitrogens with one attached hydrogen (secondary N) is 1. The Morgan fingerprint density at radius 1 is 1.50 bits per heavy atom. The number of benzene rings is 1. The number of fused-ring (bicyclic) bond motifs is 1. The van der Waals surface area contributed by atoms with Crippen molar-refractivity contribution in [2.45, 2.75) is 19.4 Å². The fraction of sp³-hybridized carbons (Fsp3) is 0.316. The molecule has 1 aliphatic heterocycles. The van der Waals surface area contributed by atoms with Crippen LogP contribution in [-0.2, 0) is 4.74 Å². The minimum atomic E-state index is -2.67. The number of carbonyl (C=O) groups excluding carboxylic acids is 1. The van der Waals surface area contributed by atoms with E-state index in [2.05, 4.69) is 10.1 Å². The highest BCUT2D eigenvalue weighted by atomic mass is 35.5. The van der Waals surface area contributed by atoms with Crippen molar-refractivity contribution in [3.8, 4) is 17.0 Å². The molecule has 1 atom stereocenters. The number of hydrogen-bond donors (Lipinski definition) is 1. The second-order valence-electron chi connectivity index (χ2n) is 6.43. The third-order valence-corrected chi connectivity index (χ3v) is 4.76. The van der Waals surface area contributed by atoms with Crippen molar-refractivity contribution in [1.29, 1.82) is 0 Å². The quantitative estimate of drug-likeness (QED) is 0.719. The van der Waals surface area contributed by atoms with E-state index in [-0.39, 0.29) is 39.3 Å². The van der Waals surface area contributed by atoms with Crippen LogP contribution in [0.15, 0.2) is 24.5 Å². The average molecular weight is 408 g/mol. The molecule has 0 spiro atoms. The van der Waals surface area contributed by atoms with E-state index in [1.165, 1.54) is 36.0 Å². The van der Waals surface area contributed by atoms with Gasteiger partial charge in [-0.05, 0) is 24.6 Å². The SMILES string of the molecule is [2H]C([2H])([2H])NC(=O)c1cc(C)c(F)c(-c2cnn3cc(Cl)c(O[C@H]4CCOC4)nc23)c1. The Labute approximate surface area is 169 Å². The molecule has 7 nitrogen and oxygen atoms in total. The Morgan fingerprint density at radius 3 is 3.11 bits per heavy atom. The molecule has 1 saturated heterocycles. The lowest BCUT2D eigenvalue weighted by Gasteiger charge is -2.13. The fourth-order valence-corrected chi connectivity index (χ4v) is 3.26. The Kier molecular flexibility index (Phi) is 4.01. The molecule has 0 unspecified atom stereocenters. The molecule has 1 fully saturated rings. The Bertz CT molecular complexity index is 1160. The number of nitrogens with zero attached hydrogens (tertiary/aromatic N) is 3. The van der Waals surface area contributed by atoms with Crippen molar-refractivity contribution in [3.63, 3.8) is 0 Å². The first-order valence-corrected chi connectivity index (χ1v) is 8.91. The van der Waals surface area contributed by atoms with E-state index in [1.54, 1.807) is 0 Å². The van der Waals surface area contributed by atoms with E-state index in [0.717, 1.165) is 0 Å². The van der Waals surface area contributed by atoms with E-state index in [0.29, 0.717) is 25.2 Å². The summed E-state index contributed by atoms with van der Waals surface area (Å²) < 4.78 is 49.1. The summed E-state index contributed by atoms with van der Waals surface area (Å²) in [4.78, 5) is 16.7. The van der Waals surface area contributed by atoms with Gasteiger partial charge in [0.2, 0.25) is 5.88 Å². The van der Waals surface area contributed by atoms with Gasteiger partial charge in [-0.2, -0.15) is 10.1 Å². The number of rotatable bonds is 4. The zero-order valence-electron chi connectivity index (χ0n) is 17.8. The van der Waals surface area contributed by atoms with E-state index in [1.807, 2.05) is 5.32 Å². The molecule has 146 valence electrons. The molecule has 0 saturated carbocycles. The van der Waals surface area contributed by atoms with Gasteiger partial charge >= 0.3 is 0 Å². The summed E-state index contributed by atoms with van der Waals surface area (Å²) in [6.45, 7) is -0.185. The van der Waals surface area contributed by atoms with E-state index < -0.39 is 18.7 Å². The van der Waals surface area contributed by atoms with Gasteiger partial charge < -0.3 is 14.8 Å². The summed E-state index contributed by atoms with van der Waals surface area (Å²) in [6, 6.07) is 2.55. The fourth-order valence-electron chi connectivity index (χ4n) is 3.08. The van der Waals surface area contributed by atoms with Crippen molar-refractivity contribution in [2.24, 2.45) is 0 Å². The molecule has 0 bridgehead atoms. The number of carbonyl (C=O) groups is 1. The number of halogens is 2. The number of aromatic nitrogens is 3. The van der Waals surface area contributed by atoms with Crippen molar-refractivity contribution < 1.29 is 22.8 Å². The van der Waals surface area contributed by atoms with Gasteiger partial charge in [0.25, 0.3) is 5.91 Å². The monoisotopic (exact) mass is 407 g/mol. The van der Waals surface area contributed by atoms with Gasteiger partial charge in [0.05, 0.1) is 25.6 Å². The molecule has 28 heavy (non-hydrogen) atoms. The minimum Gasteiger partial charge on any atom is -0.471 e. The third-order valence-electron chi connectivity index (χ3n) is 4.50. The average Bonchev–Trinajstić information content (AvgIpc) is 3.32. The Morgan fingerprint density at radius 2 is 2.36 bits per heavy atom. The van der Waals surface area contributed by atoms with Gasteiger partial charge in [0.15, 0.2) is 5.65 Å². The van der Waals surface area contributed by atoms with Crippen molar-refractivity contribution in [2.75, 3.05) is 20.2 Å². The molecular weight excluding hydrogens is 387 g/mol. The highest BCUT2D eigenvalue weighted by Gasteiger charge is 2.22. The van der Waals surface area contributed by atoms with Gasteiger partial charge in [-0.15, -0.1) is 0 Å². The Hall–Kier alpha value is -2.71. The number of ether oxygens (including phenoxy) is 2. The van der Waals surface area contributed by atoms with Gasteiger partial charge in [-0.25, -0.2) is 8.91 Å². The van der Waals surface area contributed by atoms with Gasteiger partial charge in [-0.1, -0.05) is 11.6 Å². The molecule has 1 aromatic carbocycles. The summed E-state index contributed by atoms with van der Waals surface area (Å²) in [6.07, 6.45) is 3.40. The van der Waals surface area contributed by atoms with Crippen LogP contribution < -0.4 is 10.1 Å². The largest absolute Gasteiger partial charge is 0.471 e. The van der Waals surface area contributed by atoms with E-state index >= 15 is 4.39 Å². The van der Waals surface area contributed by atoms with Crippen LogP contribution in [-0.4, -0.2) is 46.8 Å².